The highest BCUT2D eigenvalue weighted by atomic mass is 16.5. The average molecular weight is 260 g/mol. The van der Waals surface area contributed by atoms with Crippen molar-refractivity contribution in [2.75, 3.05) is 36.9 Å². The first-order valence-corrected chi connectivity index (χ1v) is 6.22. The molecule has 1 saturated heterocycles. The number of rotatable bonds is 2. The Morgan fingerprint density at radius 3 is 2.74 bits per heavy atom. The molecule has 7 heteroatoms. The summed E-state index contributed by atoms with van der Waals surface area (Å²) < 4.78 is 6.97. The normalized spacial score (nSPS) is 15.7. The van der Waals surface area contributed by atoms with Crippen LogP contribution >= 0.6 is 0 Å². The van der Waals surface area contributed by atoms with E-state index in [0.29, 0.717) is 25.0 Å². The minimum Gasteiger partial charge on any atom is -0.383 e. The molecule has 0 unspecified atom stereocenters. The molecule has 7 nitrogen and oxygen atoms in total. The van der Waals surface area contributed by atoms with Gasteiger partial charge in [0, 0.05) is 25.4 Å². The minimum absolute atomic E-state index is 0.444. The summed E-state index contributed by atoms with van der Waals surface area (Å²) in [6.45, 7) is 4.97. The maximum Gasteiger partial charge on any atom is 0.254 e. The highest BCUT2D eigenvalue weighted by Crippen LogP contribution is 2.17. The van der Waals surface area contributed by atoms with Gasteiger partial charge in [-0.2, -0.15) is 15.1 Å². The predicted molar refractivity (Wildman–Crippen MR) is 71.3 cm³/mol. The summed E-state index contributed by atoms with van der Waals surface area (Å²) in [6.07, 6.45) is 1.83. The van der Waals surface area contributed by atoms with E-state index < -0.39 is 0 Å². The Labute approximate surface area is 111 Å². The second kappa shape index (κ2) is 4.85. The summed E-state index contributed by atoms with van der Waals surface area (Å²) in [7, 11) is 0. The second-order valence-corrected chi connectivity index (χ2v) is 4.45. The average Bonchev–Trinajstić information content (AvgIpc) is 2.86. The fourth-order valence-corrected chi connectivity index (χ4v) is 2.02. The van der Waals surface area contributed by atoms with E-state index in [2.05, 4.69) is 20.0 Å². The molecule has 19 heavy (non-hydrogen) atoms. The zero-order valence-electron chi connectivity index (χ0n) is 10.8. The molecule has 100 valence electrons. The molecular weight excluding hydrogens is 244 g/mol. The van der Waals surface area contributed by atoms with E-state index in [4.69, 9.17) is 10.5 Å². The third-order valence-corrected chi connectivity index (χ3v) is 2.98. The monoisotopic (exact) mass is 260 g/mol. The summed E-state index contributed by atoms with van der Waals surface area (Å²) >= 11 is 0. The number of aryl methyl sites for hydroxylation is 1. The van der Waals surface area contributed by atoms with E-state index in [1.54, 1.807) is 10.7 Å². The molecule has 3 rings (SSSR count). The van der Waals surface area contributed by atoms with Crippen molar-refractivity contribution in [3.8, 4) is 5.95 Å². The van der Waals surface area contributed by atoms with Gasteiger partial charge in [-0.05, 0) is 13.0 Å². The van der Waals surface area contributed by atoms with Crippen molar-refractivity contribution in [1.29, 1.82) is 0 Å². The first-order valence-electron chi connectivity index (χ1n) is 6.22. The van der Waals surface area contributed by atoms with E-state index >= 15 is 0 Å². The molecule has 2 N–H and O–H groups in total. The van der Waals surface area contributed by atoms with Crippen LogP contribution in [0.15, 0.2) is 18.3 Å². The molecule has 0 aromatic carbocycles. The maximum atomic E-state index is 5.86. The second-order valence-electron chi connectivity index (χ2n) is 4.45. The summed E-state index contributed by atoms with van der Waals surface area (Å²) in [6, 6.07) is 3.69. The molecule has 0 atom stereocenters. The van der Waals surface area contributed by atoms with Crippen molar-refractivity contribution in [3.05, 3.63) is 24.0 Å². The quantitative estimate of drug-likeness (QED) is 0.841. The molecule has 2 aromatic rings. The number of aromatic nitrogens is 4. The van der Waals surface area contributed by atoms with E-state index in [-0.39, 0.29) is 0 Å². The zero-order chi connectivity index (χ0) is 13.2. The van der Waals surface area contributed by atoms with Crippen molar-refractivity contribution in [2.24, 2.45) is 0 Å². The molecular formula is C12H16N6O. The molecule has 3 heterocycles. The van der Waals surface area contributed by atoms with Gasteiger partial charge in [-0.1, -0.05) is 0 Å². The van der Waals surface area contributed by atoms with Gasteiger partial charge < -0.3 is 15.4 Å². The Balaban J connectivity index is 1.95. The lowest BCUT2D eigenvalue weighted by Crippen LogP contribution is -2.37. The van der Waals surface area contributed by atoms with Crippen LogP contribution in [0.1, 0.15) is 5.69 Å². The van der Waals surface area contributed by atoms with Crippen LogP contribution in [0.3, 0.4) is 0 Å². The topological polar surface area (TPSA) is 82.1 Å². The Hall–Kier alpha value is -2.15. The van der Waals surface area contributed by atoms with Crippen molar-refractivity contribution < 1.29 is 4.74 Å². The minimum atomic E-state index is 0.444. The van der Waals surface area contributed by atoms with Gasteiger partial charge in [-0.3, -0.25) is 0 Å². The number of anilines is 2. The molecule has 1 aliphatic rings. The fraction of sp³-hybridized carbons (Fsp3) is 0.417. The highest BCUT2D eigenvalue weighted by Gasteiger charge is 2.15. The van der Waals surface area contributed by atoms with Crippen LogP contribution in [-0.2, 0) is 4.74 Å². The van der Waals surface area contributed by atoms with Crippen LogP contribution in [0.2, 0.25) is 0 Å². The largest absolute Gasteiger partial charge is 0.383 e. The Bertz CT molecular complexity index is 575. The molecule has 2 aromatic heterocycles. The number of hydrogen-bond acceptors (Lipinski definition) is 6. The van der Waals surface area contributed by atoms with Crippen LogP contribution < -0.4 is 10.6 Å². The predicted octanol–water partition coefficient (Wildman–Crippen LogP) is 0.390. The molecule has 0 radical (unpaired) electrons. The third-order valence-electron chi connectivity index (χ3n) is 2.98. The molecule has 1 fully saturated rings. The molecule has 0 aliphatic carbocycles. The summed E-state index contributed by atoms with van der Waals surface area (Å²) in [5.41, 5.74) is 6.78. The van der Waals surface area contributed by atoms with Crippen molar-refractivity contribution >= 4 is 11.6 Å². The van der Waals surface area contributed by atoms with Crippen LogP contribution in [0.25, 0.3) is 5.95 Å². The van der Waals surface area contributed by atoms with E-state index in [1.165, 1.54) is 0 Å². The highest BCUT2D eigenvalue weighted by molar-refractivity contribution is 5.49. The fourth-order valence-electron chi connectivity index (χ4n) is 2.02. The zero-order valence-corrected chi connectivity index (χ0v) is 10.8. The van der Waals surface area contributed by atoms with Crippen LogP contribution in [0.5, 0.6) is 0 Å². The van der Waals surface area contributed by atoms with E-state index in [0.717, 1.165) is 24.6 Å². The standard InChI is InChI=1S/C12H16N6O/c1-9-2-3-18(16-9)12-14-10(13)8-11(15-12)17-4-6-19-7-5-17/h2-3,8H,4-7H2,1H3,(H2,13,14,15). The van der Waals surface area contributed by atoms with Gasteiger partial charge in [0.15, 0.2) is 0 Å². The lowest BCUT2D eigenvalue weighted by atomic mass is 10.4. The van der Waals surface area contributed by atoms with Gasteiger partial charge in [-0.15, -0.1) is 0 Å². The first-order chi connectivity index (χ1) is 9.22. The summed E-state index contributed by atoms with van der Waals surface area (Å²) in [5.74, 6) is 1.76. The number of morpholine rings is 1. The summed E-state index contributed by atoms with van der Waals surface area (Å²) in [5, 5.41) is 4.30. The SMILES string of the molecule is Cc1ccn(-c2nc(N)cc(N3CCOCC3)n2)n1. The Kier molecular flexibility index (Phi) is 3.04. The van der Waals surface area contributed by atoms with Crippen LogP contribution in [0, 0.1) is 6.92 Å². The summed E-state index contributed by atoms with van der Waals surface area (Å²) in [4.78, 5) is 10.9. The van der Waals surface area contributed by atoms with Crippen LogP contribution in [0.4, 0.5) is 11.6 Å². The van der Waals surface area contributed by atoms with Gasteiger partial charge in [0.1, 0.15) is 11.6 Å². The van der Waals surface area contributed by atoms with Crippen molar-refractivity contribution in [3.63, 3.8) is 0 Å². The number of hydrogen-bond donors (Lipinski definition) is 1. The van der Waals surface area contributed by atoms with Gasteiger partial charge in [0.25, 0.3) is 5.95 Å². The van der Waals surface area contributed by atoms with Crippen molar-refractivity contribution in [2.45, 2.75) is 6.92 Å². The number of nitrogens with zero attached hydrogens (tertiary/aromatic N) is 5. The number of nitrogen functional groups attached to an aromatic ring is 1. The molecule has 0 saturated carbocycles. The molecule has 0 amide bonds. The van der Waals surface area contributed by atoms with Gasteiger partial charge >= 0.3 is 0 Å². The van der Waals surface area contributed by atoms with Gasteiger partial charge in [0.05, 0.1) is 18.9 Å². The number of ether oxygens (including phenoxy) is 1. The van der Waals surface area contributed by atoms with E-state index in [9.17, 15) is 0 Å². The van der Waals surface area contributed by atoms with E-state index in [1.807, 2.05) is 19.2 Å². The number of nitrogens with two attached hydrogens (primary N) is 1. The van der Waals surface area contributed by atoms with Crippen molar-refractivity contribution in [1.82, 2.24) is 19.7 Å². The molecule has 0 bridgehead atoms. The molecule has 1 aliphatic heterocycles. The van der Waals surface area contributed by atoms with Gasteiger partial charge in [0.2, 0.25) is 0 Å². The maximum absolute atomic E-state index is 5.86. The third kappa shape index (κ3) is 2.50. The lowest BCUT2D eigenvalue weighted by molar-refractivity contribution is 0.122. The lowest BCUT2D eigenvalue weighted by Gasteiger charge is -2.27. The Morgan fingerprint density at radius 2 is 2.05 bits per heavy atom. The van der Waals surface area contributed by atoms with Gasteiger partial charge in [-0.25, -0.2) is 4.68 Å². The smallest absolute Gasteiger partial charge is 0.254 e. The van der Waals surface area contributed by atoms with Crippen LogP contribution in [-0.4, -0.2) is 46.1 Å². The first kappa shape index (κ1) is 11.9. The molecule has 0 spiro atoms. The Morgan fingerprint density at radius 1 is 1.26 bits per heavy atom.